The van der Waals surface area contributed by atoms with Crippen LogP contribution in [0.5, 0.6) is 0 Å². The molecule has 0 unspecified atom stereocenters. The Kier molecular flexibility index (Phi) is 4.69. The van der Waals surface area contributed by atoms with Crippen molar-refractivity contribution in [1.29, 1.82) is 0 Å². The van der Waals surface area contributed by atoms with Gasteiger partial charge in [0.2, 0.25) is 5.91 Å². The van der Waals surface area contributed by atoms with Gasteiger partial charge >= 0.3 is 5.97 Å². The molecule has 0 spiro atoms. The Morgan fingerprint density at radius 1 is 1.24 bits per heavy atom. The maximum absolute atomic E-state index is 11.5. The van der Waals surface area contributed by atoms with Crippen LogP contribution in [0, 0.1) is 0 Å². The highest BCUT2D eigenvalue weighted by molar-refractivity contribution is 6.02. The molecule has 1 aromatic carbocycles. The lowest BCUT2D eigenvalue weighted by atomic mass is 10.1. The Bertz CT molecular complexity index is 398. The number of amides is 1. The second-order valence-electron chi connectivity index (χ2n) is 3.94. The molecular weight excluding hydrogens is 218 g/mol. The summed E-state index contributed by atoms with van der Waals surface area (Å²) in [5, 5.41) is 8.55. The van der Waals surface area contributed by atoms with Crippen molar-refractivity contribution in [3.05, 3.63) is 29.8 Å². The first-order valence-electron chi connectivity index (χ1n) is 5.62. The number of aliphatic carboxylic acids is 1. The molecule has 0 atom stereocenters. The Morgan fingerprint density at radius 2 is 1.82 bits per heavy atom. The smallest absolute Gasteiger partial charge is 0.312 e. The molecule has 1 rings (SSSR count). The third kappa shape index (κ3) is 3.90. The highest BCUT2D eigenvalue weighted by Crippen LogP contribution is 2.15. The molecule has 1 N–H and O–H groups in total. The van der Waals surface area contributed by atoms with E-state index in [0.717, 1.165) is 18.5 Å². The fourth-order valence-corrected chi connectivity index (χ4v) is 1.57. The Balaban J connectivity index is 2.72. The van der Waals surface area contributed by atoms with Gasteiger partial charge in [-0.1, -0.05) is 25.5 Å². The van der Waals surface area contributed by atoms with Crippen LogP contribution in [0.1, 0.15) is 25.3 Å². The van der Waals surface area contributed by atoms with E-state index in [1.54, 1.807) is 7.05 Å². The van der Waals surface area contributed by atoms with E-state index >= 15 is 0 Å². The number of hydrogen-bond acceptors (Lipinski definition) is 2. The molecule has 4 nitrogen and oxygen atoms in total. The first kappa shape index (κ1) is 13.2. The van der Waals surface area contributed by atoms with Crippen LogP contribution in [-0.2, 0) is 16.0 Å². The van der Waals surface area contributed by atoms with E-state index in [1.807, 2.05) is 24.3 Å². The zero-order valence-corrected chi connectivity index (χ0v) is 10.1. The summed E-state index contributed by atoms with van der Waals surface area (Å²) in [6.07, 6.45) is 1.60. The van der Waals surface area contributed by atoms with Crippen LogP contribution < -0.4 is 4.90 Å². The first-order valence-corrected chi connectivity index (χ1v) is 5.62. The highest BCUT2D eigenvalue weighted by atomic mass is 16.4. The average molecular weight is 235 g/mol. The summed E-state index contributed by atoms with van der Waals surface area (Å²) in [6, 6.07) is 7.60. The standard InChI is InChI=1S/C13H17NO3/c1-3-4-10-5-7-11(8-6-10)14(2)12(15)9-13(16)17/h5-8H,3-4,9H2,1-2H3,(H,16,17). The van der Waals surface area contributed by atoms with Crippen LogP contribution in [0.3, 0.4) is 0 Å². The molecule has 0 aliphatic heterocycles. The lowest BCUT2D eigenvalue weighted by Crippen LogP contribution is -2.28. The number of carboxylic acid groups (broad SMARTS) is 1. The molecule has 0 aromatic heterocycles. The molecule has 0 aliphatic rings. The summed E-state index contributed by atoms with van der Waals surface area (Å²) in [4.78, 5) is 23.3. The second kappa shape index (κ2) is 6.03. The number of aryl methyl sites for hydroxylation is 1. The molecule has 0 heterocycles. The summed E-state index contributed by atoms with van der Waals surface area (Å²) < 4.78 is 0. The third-order valence-electron chi connectivity index (χ3n) is 2.54. The normalized spacial score (nSPS) is 10.0. The quantitative estimate of drug-likeness (QED) is 0.795. The molecule has 0 fully saturated rings. The van der Waals surface area contributed by atoms with Crippen LogP contribution in [-0.4, -0.2) is 24.0 Å². The molecule has 0 saturated heterocycles. The van der Waals surface area contributed by atoms with Gasteiger partial charge in [0.25, 0.3) is 0 Å². The van der Waals surface area contributed by atoms with Crippen LogP contribution in [0.25, 0.3) is 0 Å². The number of nitrogens with zero attached hydrogens (tertiary/aromatic N) is 1. The molecule has 1 aromatic rings. The third-order valence-corrected chi connectivity index (χ3v) is 2.54. The summed E-state index contributed by atoms with van der Waals surface area (Å²) >= 11 is 0. The van der Waals surface area contributed by atoms with E-state index in [1.165, 1.54) is 10.5 Å². The fourth-order valence-electron chi connectivity index (χ4n) is 1.57. The first-order chi connectivity index (χ1) is 8.04. The van der Waals surface area contributed by atoms with Gasteiger partial charge in [0, 0.05) is 12.7 Å². The van der Waals surface area contributed by atoms with Gasteiger partial charge in [-0.3, -0.25) is 9.59 Å². The maximum atomic E-state index is 11.5. The van der Waals surface area contributed by atoms with E-state index in [2.05, 4.69) is 6.92 Å². The fraction of sp³-hybridized carbons (Fsp3) is 0.385. The second-order valence-corrected chi connectivity index (χ2v) is 3.94. The molecular formula is C13H17NO3. The van der Waals surface area contributed by atoms with Crippen molar-refractivity contribution in [1.82, 2.24) is 0 Å². The molecule has 92 valence electrons. The molecule has 0 aliphatic carbocycles. The van der Waals surface area contributed by atoms with Gasteiger partial charge in [-0.05, 0) is 24.1 Å². The van der Waals surface area contributed by atoms with Crippen LogP contribution >= 0.6 is 0 Å². The monoisotopic (exact) mass is 235 g/mol. The maximum Gasteiger partial charge on any atom is 0.312 e. The largest absolute Gasteiger partial charge is 0.481 e. The van der Waals surface area contributed by atoms with Crippen molar-refractivity contribution in [2.45, 2.75) is 26.2 Å². The van der Waals surface area contributed by atoms with Crippen molar-refractivity contribution in [3.8, 4) is 0 Å². The summed E-state index contributed by atoms with van der Waals surface area (Å²) in [6.45, 7) is 2.11. The number of carbonyl (C=O) groups excluding carboxylic acids is 1. The summed E-state index contributed by atoms with van der Waals surface area (Å²) in [7, 11) is 1.58. The van der Waals surface area contributed by atoms with Gasteiger partial charge < -0.3 is 10.0 Å². The van der Waals surface area contributed by atoms with E-state index in [9.17, 15) is 9.59 Å². The molecule has 4 heteroatoms. The Labute approximate surface area is 101 Å². The molecule has 17 heavy (non-hydrogen) atoms. The van der Waals surface area contributed by atoms with Crippen LogP contribution in [0.4, 0.5) is 5.69 Å². The molecule has 0 bridgehead atoms. The zero-order valence-electron chi connectivity index (χ0n) is 10.1. The SMILES string of the molecule is CCCc1ccc(N(C)C(=O)CC(=O)O)cc1. The van der Waals surface area contributed by atoms with Gasteiger partial charge in [-0.15, -0.1) is 0 Å². The minimum atomic E-state index is -1.11. The Morgan fingerprint density at radius 3 is 2.29 bits per heavy atom. The van der Waals surface area contributed by atoms with Crippen molar-refractivity contribution in [3.63, 3.8) is 0 Å². The Hall–Kier alpha value is -1.84. The van der Waals surface area contributed by atoms with E-state index in [-0.39, 0.29) is 0 Å². The molecule has 1 amide bonds. The van der Waals surface area contributed by atoms with Gasteiger partial charge in [0.15, 0.2) is 0 Å². The molecule has 0 saturated carbocycles. The minimum Gasteiger partial charge on any atom is -0.481 e. The number of carbonyl (C=O) groups is 2. The topological polar surface area (TPSA) is 57.6 Å². The predicted octanol–water partition coefficient (Wildman–Crippen LogP) is 2.08. The lowest BCUT2D eigenvalue weighted by Gasteiger charge is -2.16. The molecule has 0 radical (unpaired) electrons. The van der Waals surface area contributed by atoms with E-state index < -0.39 is 18.3 Å². The number of benzene rings is 1. The summed E-state index contributed by atoms with van der Waals surface area (Å²) in [5.74, 6) is -1.52. The number of hydrogen-bond donors (Lipinski definition) is 1. The van der Waals surface area contributed by atoms with E-state index in [0.29, 0.717) is 0 Å². The van der Waals surface area contributed by atoms with Crippen LogP contribution in [0.2, 0.25) is 0 Å². The highest BCUT2D eigenvalue weighted by Gasteiger charge is 2.14. The van der Waals surface area contributed by atoms with Crippen molar-refractivity contribution >= 4 is 17.6 Å². The van der Waals surface area contributed by atoms with Crippen LogP contribution in [0.15, 0.2) is 24.3 Å². The van der Waals surface area contributed by atoms with Crippen molar-refractivity contribution < 1.29 is 14.7 Å². The van der Waals surface area contributed by atoms with Crippen molar-refractivity contribution in [2.24, 2.45) is 0 Å². The number of anilines is 1. The zero-order chi connectivity index (χ0) is 12.8. The number of carboxylic acids is 1. The average Bonchev–Trinajstić information content (AvgIpc) is 2.28. The predicted molar refractivity (Wildman–Crippen MR) is 66.1 cm³/mol. The van der Waals surface area contributed by atoms with Gasteiger partial charge in [-0.2, -0.15) is 0 Å². The van der Waals surface area contributed by atoms with Gasteiger partial charge in [0.1, 0.15) is 6.42 Å². The lowest BCUT2D eigenvalue weighted by molar-refractivity contribution is -0.140. The minimum absolute atomic E-state index is 0.416. The van der Waals surface area contributed by atoms with E-state index in [4.69, 9.17) is 5.11 Å². The van der Waals surface area contributed by atoms with Crippen molar-refractivity contribution in [2.75, 3.05) is 11.9 Å². The van der Waals surface area contributed by atoms with Gasteiger partial charge in [-0.25, -0.2) is 0 Å². The van der Waals surface area contributed by atoms with Gasteiger partial charge in [0.05, 0.1) is 0 Å². The summed E-state index contributed by atoms with van der Waals surface area (Å²) in [5.41, 5.74) is 1.94. The number of rotatable bonds is 5.